The first-order valence-corrected chi connectivity index (χ1v) is 13.0. The second-order valence-corrected chi connectivity index (χ2v) is 10.6. The zero-order valence-electron chi connectivity index (χ0n) is 14.7. The van der Waals surface area contributed by atoms with Crippen LogP contribution in [0.4, 0.5) is 0 Å². The van der Waals surface area contributed by atoms with Crippen LogP contribution in [0, 0.1) is 0 Å². The third kappa shape index (κ3) is 9.70. The number of benzene rings is 1. The molecule has 0 bridgehead atoms. The van der Waals surface area contributed by atoms with E-state index >= 15 is 0 Å². The van der Waals surface area contributed by atoms with Gasteiger partial charge in [-0.25, -0.2) is 0 Å². The van der Waals surface area contributed by atoms with Crippen molar-refractivity contribution in [1.29, 1.82) is 0 Å². The fourth-order valence-corrected chi connectivity index (χ4v) is 6.70. The van der Waals surface area contributed by atoms with Gasteiger partial charge < -0.3 is 10.2 Å². The Bertz CT molecular complexity index is 372. The van der Waals surface area contributed by atoms with E-state index in [0.717, 1.165) is 6.54 Å². The average Bonchev–Trinajstić information content (AvgIpc) is 2.87. The molecule has 0 spiro atoms. The fourth-order valence-electron chi connectivity index (χ4n) is 2.55. The first-order valence-electron chi connectivity index (χ1n) is 9.00. The zero-order chi connectivity index (χ0) is 16.9. The van der Waals surface area contributed by atoms with Gasteiger partial charge in [-0.3, -0.25) is 4.90 Å². The first kappa shape index (κ1) is 20.9. The second kappa shape index (κ2) is 13.2. The summed E-state index contributed by atoms with van der Waals surface area (Å²) in [6, 6.07) is 10.1. The molecule has 3 nitrogen and oxygen atoms in total. The van der Waals surface area contributed by atoms with Gasteiger partial charge in [-0.15, -0.1) is 0 Å². The van der Waals surface area contributed by atoms with Gasteiger partial charge in [-0.1, -0.05) is 30.3 Å². The van der Waals surface area contributed by atoms with E-state index in [1.807, 2.05) is 18.2 Å². The van der Waals surface area contributed by atoms with Crippen molar-refractivity contribution in [1.82, 2.24) is 4.90 Å². The third-order valence-electron chi connectivity index (χ3n) is 4.00. The van der Waals surface area contributed by atoms with Crippen molar-refractivity contribution in [3.05, 3.63) is 35.9 Å². The Morgan fingerprint density at radius 1 is 0.957 bits per heavy atom. The Hall–Kier alpha value is -0.101. The topological polar surface area (TPSA) is 43.7 Å². The summed E-state index contributed by atoms with van der Waals surface area (Å²) in [5.41, 5.74) is 1.22. The summed E-state index contributed by atoms with van der Waals surface area (Å²) >= 11 is 0.149. The van der Waals surface area contributed by atoms with E-state index < -0.39 is 12.2 Å². The molecule has 1 fully saturated rings. The quantitative estimate of drug-likeness (QED) is 0.495. The van der Waals surface area contributed by atoms with Gasteiger partial charge in [0.1, 0.15) is 0 Å². The van der Waals surface area contributed by atoms with Crippen molar-refractivity contribution < 1.29 is 10.2 Å². The molecule has 1 aromatic rings. The Labute approximate surface area is 152 Å². The first-order chi connectivity index (χ1) is 11.2. The van der Waals surface area contributed by atoms with Gasteiger partial charge in [0, 0.05) is 19.6 Å². The van der Waals surface area contributed by atoms with Gasteiger partial charge >= 0.3 is 69.5 Å². The average molecular weight is 426 g/mol. The summed E-state index contributed by atoms with van der Waals surface area (Å²) in [7, 11) is 0. The summed E-state index contributed by atoms with van der Waals surface area (Å²) in [6.07, 6.45) is 4.67. The van der Waals surface area contributed by atoms with Crippen LogP contribution < -0.4 is 0 Å². The molecule has 130 valence electrons. The van der Waals surface area contributed by atoms with Gasteiger partial charge in [0.05, 0.1) is 12.2 Å². The molecule has 1 aliphatic rings. The molecule has 1 aromatic carbocycles. The number of aliphatic hydroxyl groups is 2. The Morgan fingerprint density at radius 2 is 1.48 bits per heavy atom. The van der Waals surface area contributed by atoms with E-state index in [4.69, 9.17) is 0 Å². The molecule has 1 saturated heterocycles. The van der Waals surface area contributed by atoms with Crippen molar-refractivity contribution >= 4 is 21.1 Å². The molecular weight excluding hydrogens is 393 g/mol. The Kier molecular flexibility index (Phi) is 12.0. The van der Waals surface area contributed by atoms with E-state index in [1.54, 1.807) is 8.87 Å². The summed E-state index contributed by atoms with van der Waals surface area (Å²) in [5, 5.41) is 18.7. The van der Waals surface area contributed by atoms with Gasteiger partial charge in [-0.05, 0) is 5.56 Å². The zero-order valence-corrected chi connectivity index (χ0v) is 17.6. The molecule has 2 atom stereocenters. The molecule has 1 aliphatic heterocycles. The number of likely N-dealkylation sites (tertiary alicyclic amines) is 1. The van der Waals surface area contributed by atoms with Crippen LogP contribution in [-0.2, 0) is 6.54 Å². The van der Waals surface area contributed by atoms with E-state index in [9.17, 15) is 10.2 Å². The monoisotopic (exact) mass is 427 g/mol. The molecule has 4 heteroatoms. The van der Waals surface area contributed by atoms with Gasteiger partial charge in [0.2, 0.25) is 0 Å². The molecule has 0 aliphatic carbocycles. The van der Waals surface area contributed by atoms with Crippen molar-refractivity contribution in [3.8, 4) is 0 Å². The third-order valence-corrected chi connectivity index (χ3v) is 8.03. The van der Waals surface area contributed by atoms with Crippen LogP contribution in [0.3, 0.4) is 0 Å². The number of nitrogens with zero attached hydrogens (tertiary/aromatic N) is 1. The predicted octanol–water partition coefficient (Wildman–Crippen LogP) is 3.35. The van der Waals surface area contributed by atoms with Crippen molar-refractivity contribution in [2.24, 2.45) is 0 Å². The maximum Gasteiger partial charge on any atom is 0.0938 e. The predicted molar refractivity (Wildman–Crippen MR) is 98.9 cm³/mol. The van der Waals surface area contributed by atoms with Crippen LogP contribution in [0.25, 0.3) is 0 Å². The molecule has 2 N–H and O–H groups in total. The van der Waals surface area contributed by atoms with Crippen molar-refractivity contribution in [2.75, 3.05) is 13.1 Å². The molecule has 23 heavy (non-hydrogen) atoms. The number of unbranched alkanes of at least 4 members (excludes halogenated alkanes) is 2. The summed E-state index contributed by atoms with van der Waals surface area (Å²) in [4.78, 5) is 2.06. The summed E-state index contributed by atoms with van der Waals surface area (Å²) in [6.45, 7) is 6.51. The van der Waals surface area contributed by atoms with Crippen LogP contribution in [0.5, 0.6) is 0 Å². The number of β-amino-alcohol motifs (C(OH)–C–C–N with tert-alkyl or cyclic N) is 2. The standard InChI is InChI=1S/C11H15NO2.2C4H9.Sn/c13-10-7-12(8-11(10)14)6-9-4-2-1-3-5-9;2*1-3-4-2;/h1-5,10-11,13-14H,6-8H2;2*1,3-4H2,2H3;/t10-,11-;;;/m0.../s1. The van der Waals surface area contributed by atoms with Crippen LogP contribution in [0.15, 0.2) is 30.3 Å². The Morgan fingerprint density at radius 3 is 1.96 bits per heavy atom. The molecule has 0 saturated carbocycles. The van der Waals surface area contributed by atoms with E-state index in [0.29, 0.717) is 13.1 Å². The van der Waals surface area contributed by atoms with E-state index in [2.05, 4.69) is 30.9 Å². The van der Waals surface area contributed by atoms with E-state index in [1.165, 1.54) is 31.2 Å². The minimum absolute atomic E-state index is 0.149. The van der Waals surface area contributed by atoms with Crippen LogP contribution in [0.1, 0.15) is 45.1 Å². The SMILES string of the molecule is CCC[CH2][Sn][CH2]CCC.O[C@H]1CN(Cc2ccccc2)C[C@@H]1O. The largest absolute Gasteiger partial charge is 0.389 e. The molecule has 2 radical (unpaired) electrons. The number of hydrogen-bond acceptors (Lipinski definition) is 3. The normalized spacial score (nSPS) is 21.0. The minimum atomic E-state index is -0.585. The van der Waals surface area contributed by atoms with E-state index in [-0.39, 0.29) is 21.1 Å². The smallest absolute Gasteiger partial charge is 0.0938 e. The molecule has 0 aromatic heterocycles. The number of rotatable bonds is 8. The fraction of sp³-hybridized carbons (Fsp3) is 0.684. The number of hydrogen-bond donors (Lipinski definition) is 2. The summed E-state index contributed by atoms with van der Waals surface area (Å²) < 4.78 is 3.25. The molecule has 0 amide bonds. The summed E-state index contributed by atoms with van der Waals surface area (Å²) in [5.74, 6) is 0. The molecule has 2 rings (SSSR count). The van der Waals surface area contributed by atoms with Crippen molar-refractivity contribution in [2.45, 2.75) is 67.2 Å². The van der Waals surface area contributed by atoms with Crippen LogP contribution >= 0.6 is 0 Å². The maximum atomic E-state index is 9.35. The van der Waals surface area contributed by atoms with Crippen LogP contribution in [-0.4, -0.2) is 61.6 Å². The molecule has 1 heterocycles. The van der Waals surface area contributed by atoms with Gasteiger partial charge in [0.25, 0.3) is 0 Å². The maximum absolute atomic E-state index is 9.35. The molecule has 0 unspecified atom stereocenters. The minimum Gasteiger partial charge on any atom is -0.389 e. The number of aliphatic hydroxyl groups excluding tert-OH is 2. The second-order valence-electron chi connectivity index (χ2n) is 6.27. The van der Waals surface area contributed by atoms with Crippen LogP contribution in [0.2, 0.25) is 8.87 Å². The van der Waals surface area contributed by atoms with Gasteiger partial charge in [0.15, 0.2) is 0 Å². The molecular formula is C19H33NO2Sn. The van der Waals surface area contributed by atoms with Crippen molar-refractivity contribution in [3.63, 3.8) is 0 Å². The van der Waals surface area contributed by atoms with Gasteiger partial charge in [-0.2, -0.15) is 0 Å². The Balaban J connectivity index is 0.000000257.